The van der Waals surface area contributed by atoms with Gasteiger partial charge in [0.1, 0.15) is 4.88 Å². The highest BCUT2D eigenvalue weighted by molar-refractivity contribution is 7.12. The summed E-state index contributed by atoms with van der Waals surface area (Å²) in [6, 6.07) is 5.86. The van der Waals surface area contributed by atoms with Crippen LogP contribution in [0.4, 0.5) is 0 Å². The third-order valence-electron chi connectivity index (χ3n) is 3.25. The molecular weight excluding hydrogens is 260 g/mol. The van der Waals surface area contributed by atoms with E-state index in [1.165, 1.54) is 11.3 Å². The van der Waals surface area contributed by atoms with Gasteiger partial charge < -0.3 is 14.6 Å². The van der Waals surface area contributed by atoms with E-state index in [9.17, 15) is 4.79 Å². The smallest absolute Gasteiger partial charge is 0.263 e. The third kappa shape index (κ3) is 2.72. The standard InChI is InChI=1S/C14H16N2O2S/c17-14(15-10-11-4-3-8-18-11)13-12(5-9-19-13)16-6-1-2-7-16/h1-2,5-7,9,11H,3-4,8,10H2,(H,15,17). The first-order valence-electron chi connectivity index (χ1n) is 6.45. The molecule has 2 aromatic rings. The molecule has 3 rings (SSSR count). The van der Waals surface area contributed by atoms with Gasteiger partial charge in [-0.05, 0) is 36.4 Å². The first-order chi connectivity index (χ1) is 9.34. The highest BCUT2D eigenvalue weighted by atomic mass is 32.1. The van der Waals surface area contributed by atoms with E-state index in [2.05, 4.69) is 5.32 Å². The van der Waals surface area contributed by atoms with Crippen molar-refractivity contribution in [3.63, 3.8) is 0 Å². The van der Waals surface area contributed by atoms with Crippen LogP contribution in [0.25, 0.3) is 5.69 Å². The lowest BCUT2D eigenvalue weighted by molar-refractivity contribution is 0.0861. The predicted molar refractivity (Wildman–Crippen MR) is 75.0 cm³/mol. The first-order valence-corrected chi connectivity index (χ1v) is 7.33. The summed E-state index contributed by atoms with van der Waals surface area (Å²) in [4.78, 5) is 13.0. The molecule has 1 atom stereocenters. The van der Waals surface area contributed by atoms with Crippen LogP contribution in [-0.2, 0) is 4.74 Å². The van der Waals surface area contributed by atoms with E-state index in [4.69, 9.17) is 4.74 Å². The van der Waals surface area contributed by atoms with Crippen molar-refractivity contribution in [2.45, 2.75) is 18.9 Å². The fourth-order valence-corrected chi connectivity index (χ4v) is 3.07. The summed E-state index contributed by atoms with van der Waals surface area (Å²) in [5, 5.41) is 4.90. The summed E-state index contributed by atoms with van der Waals surface area (Å²) in [6.45, 7) is 1.41. The minimum atomic E-state index is -0.0193. The Labute approximate surface area is 116 Å². The van der Waals surface area contributed by atoms with Crippen LogP contribution in [0.5, 0.6) is 0 Å². The summed E-state index contributed by atoms with van der Waals surface area (Å²) in [5.74, 6) is -0.0193. The lowest BCUT2D eigenvalue weighted by atomic mass is 10.2. The fourth-order valence-electron chi connectivity index (χ4n) is 2.26. The molecule has 1 aliphatic rings. The maximum Gasteiger partial charge on any atom is 0.263 e. The van der Waals surface area contributed by atoms with Gasteiger partial charge in [0.15, 0.2) is 0 Å². The van der Waals surface area contributed by atoms with Crippen LogP contribution in [0.2, 0.25) is 0 Å². The molecule has 1 saturated heterocycles. The number of ether oxygens (including phenoxy) is 1. The number of hydrogen-bond donors (Lipinski definition) is 1. The average molecular weight is 276 g/mol. The van der Waals surface area contributed by atoms with Gasteiger partial charge in [-0.2, -0.15) is 0 Å². The van der Waals surface area contributed by atoms with Crippen LogP contribution >= 0.6 is 11.3 Å². The SMILES string of the molecule is O=C(NCC1CCCO1)c1sccc1-n1cccc1. The van der Waals surface area contributed by atoms with Gasteiger partial charge in [-0.1, -0.05) is 0 Å². The number of hydrogen-bond acceptors (Lipinski definition) is 3. The Balaban J connectivity index is 1.68. The monoisotopic (exact) mass is 276 g/mol. The zero-order chi connectivity index (χ0) is 13.1. The number of nitrogens with zero attached hydrogens (tertiary/aromatic N) is 1. The van der Waals surface area contributed by atoms with Crippen LogP contribution in [-0.4, -0.2) is 29.7 Å². The second kappa shape index (κ2) is 5.59. The lowest BCUT2D eigenvalue weighted by Crippen LogP contribution is -2.31. The van der Waals surface area contributed by atoms with Crippen molar-refractivity contribution >= 4 is 17.2 Å². The van der Waals surface area contributed by atoms with Crippen molar-refractivity contribution in [2.24, 2.45) is 0 Å². The van der Waals surface area contributed by atoms with Crippen molar-refractivity contribution in [2.75, 3.05) is 13.2 Å². The molecule has 0 radical (unpaired) electrons. The molecule has 19 heavy (non-hydrogen) atoms. The average Bonchev–Trinajstić information content (AvgIpc) is 3.14. The van der Waals surface area contributed by atoms with E-state index in [1.807, 2.05) is 40.5 Å². The van der Waals surface area contributed by atoms with Crippen LogP contribution < -0.4 is 5.32 Å². The molecule has 2 aromatic heterocycles. The van der Waals surface area contributed by atoms with E-state index in [-0.39, 0.29) is 12.0 Å². The van der Waals surface area contributed by atoms with E-state index in [1.54, 1.807) is 0 Å². The molecule has 0 aliphatic carbocycles. The van der Waals surface area contributed by atoms with Crippen LogP contribution in [0.3, 0.4) is 0 Å². The Morgan fingerprint density at radius 1 is 1.47 bits per heavy atom. The van der Waals surface area contributed by atoms with Crippen LogP contribution in [0.1, 0.15) is 22.5 Å². The second-order valence-corrected chi connectivity index (χ2v) is 5.49. The zero-order valence-corrected chi connectivity index (χ0v) is 11.4. The highest BCUT2D eigenvalue weighted by Gasteiger charge is 2.19. The maximum absolute atomic E-state index is 12.2. The van der Waals surface area contributed by atoms with Crippen molar-refractivity contribution in [3.8, 4) is 5.69 Å². The van der Waals surface area contributed by atoms with E-state index in [0.29, 0.717) is 6.54 Å². The molecule has 0 aromatic carbocycles. The van der Waals surface area contributed by atoms with E-state index >= 15 is 0 Å². The number of carbonyl (C=O) groups excluding carboxylic acids is 1. The Morgan fingerprint density at radius 3 is 3.05 bits per heavy atom. The summed E-state index contributed by atoms with van der Waals surface area (Å²) < 4.78 is 7.46. The Bertz CT molecular complexity index is 542. The second-order valence-electron chi connectivity index (χ2n) is 4.57. The minimum absolute atomic E-state index is 0.0193. The molecule has 0 saturated carbocycles. The molecule has 100 valence electrons. The van der Waals surface area contributed by atoms with Gasteiger partial charge in [0.25, 0.3) is 5.91 Å². The topological polar surface area (TPSA) is 43.3 Å². The van der Waals surface area contributed by atoms with Crippen molar-refractivity contribution in [1.82, 2.24) is 9.88 Å². The Hall–Kier alpha value is -1.59. The molecule has 1 amide bonds. The number of aromatic nitrogens is 1. The highest BCUT2D eigenvalue weighted by Crippen LogP contribution is 2.21. The largest absolute Gasteiger partial charge is 0.376 e. The normalized spacial score (nSPS) is 18.6. The number of rotatable bonds is 4. The van der Waals surface area contributed by atoms with Gasteiger partial charge in [0.2, 0.25) is 0 Å². The van der Waals surface area contributed by atoms with Gasteiger partial charge in [0, 0.05) is 25.5 Å². The van der Waals surface area contributed by atoms with Crippen molar-refractivity contribution in [1.29, 1.82) is 0 Å². The van der Waals surface area contributed by atoms with E-state index < -0.39 is 0 Å². The van der Waals surface area contributed by atoms with Crippen LogP contribution in [0, 0.1) is 0 Å². The van der Waals surface area contributed by atoms with E-state index in [0.717, 1.165) is 30.0 Å². The molecule has 1 N–H and O–H groups in total. The molecule has 1 unspecified atom stereocenters. The van der Waals surface area contributed by atoms with Crippen LogP contribution in [0.15, 0.2) is 36.0 Å². The quantitative estimate of drug-likeness (QED) is 0.932. The third-order valence-corrected chi connectivity index (χ3v) is 4.15. The molecule has 4 nitrogen and oxygen atoms in total. The van der Waals surface area contributed by atoms with Gasteiger partial charge in [-0.3, -0.25) is 4.79 Å². The number of carbonyl (C=O) groups is 1. The summed E-state index contributed by atoms with van der Waals surface area (Å²) in [6.07, 6.45) is 6.19. The molecule has 1 fully saturated rings. The molecule has 1 aliphatic heterocycles. The van der Waals surface area contributed by atoms with Crippen molar-refractivity contribution in [3.05, 3.63) is 40.8 Å². The first kappa shape index (κ1) is 12.4. The van der Waals surface area contributed by atoms with Gasteiger partial charge in [0.05, 0.1) is 11.8 Å². The predicted octanol–water partition coefficient (Wildman–Crippen LogP) is 2.45. The molecule has 5 heteroatoms. The Kier molecular flexibility index (Phi) is 3.66. The summed E-state index contributed by atoms with van der Waals surface area (Å²) in [7, 11) is 0. The molecular formula is C14H16N2O2S. The Morgan fingerprint density at radius 2 is 2.32 bits per heavy atom. The molecule has 0 bridgehead atoms. The minimum Gasteiger partial charge on any atom is -0.376 e. The number of nitrogens with one attached hydrogen (secondary N) is 1. The number of amides is 1. The van der Waals surface area contributed by atoms with Gasteiger partial charge >= 0.3 is 0 Å². The zero-order valence-electron chi connectivity index (χ0n) is 10.5. The lowest BCUT2D eigenvalue weighted by Gasteiger charge is -2.11. The molecule has 0 spiro atoms. The molecule has 3 heterocycles. The fraction of sp³-hybridized carbons (Fsp3) is 0.357. The summed E-state index contributed by atoms with van der Waals surface area (Å²) in [5.41, 5.74) is 0.930. The van der Waals surface area contributed by atoms with Gasteiger partial charge in [-0.25, -0.2) is 0 Å². The van der Waals surface area contributed by atoms with Gasteiger partial charge in [-0.15, -0.1) is 11.3 Å². The number of thiophene rings is 1. The van der Waals surface area contributed by atoms with Crippen molar-refractivity contribution < 1.29 is 9.53 Å². The maximum atomic E-state index is 12.2. The summed E-state index contributed by atoms with van der Waals surface area (Å²) >= 11 is 1.46.